The SMILES string of the molecule is Nc1ccnc(Nc2c(Cl)cc(F)cc2Br)c1. The highest BCUT2D eigenvalue weighted by Gasteiger charge is 2.08. The third kappa shape index (κ3) is 2.87. The molecule has 0 aliphatic carbocycles. The van der Waals surface area contributed by atoms with Crippen molar-refractivity contribution >= 4 is 44.7 Å². The summed E-state index contributed by atoms with van der Waals surface area (Å²) in [4.78, 5) is 4.08. The molecule has 0 saturated heterocycles. The Labute approximate surface area is 111 Å². The molecular weight excluding hydrogens is 308 g/mol. The van der Waals surface area contributed by atoms with E-state index in [2.05, 4.69) is 26.2 Å². The molecule has 0 bridgehead atoms. The number of aromatic nitrogens is 1. The Hall–Kier alpha value is -1.33. The van der Waals surface area contributed by atoms with Crippen LogP contribution in [0.25, 0.3) is 0 Å². The van der Waals surface area contributed by atoms with Gasteiger partial charge in [-0.2, -0.15) is 0 Å². The molecule has 0 unspecified atom stereocenters. The van der Waals surface area contributed by atoms with E-state index >= 15 is 0 Å². The molecule has 1 aromatic carbocycles. The third-order valence-corrected chi connectivity index (χ3v) is 2.97. The van der Waals surface area contributed by atoms with Gasteiger partial charge in [0, 0.05) is 22.4 Å². The number of hydrogen-bond donors (Lipinski definition) is 2. The van der Waals surface area contributed by atoms with Gasteiger partial charge in [0.15, 0.2) is 0 Å². The number of rotatable bonds is 2. The first-order chi connectivity index (χ1) is 8.06. The Balaban J connectivity index is 2.36. The number of nitrogen functional groups attached to an aromatic ring is 1. The van der Waals surface area contributed by atoms with Crippen LogP contribution in [0.15, 0.2) is 34.9 Å². The molecule has 0 amide bonds. The van der Waals surface area contributed by atoms with Crippen molar-refractivity contribution in [3.8, 4) is 0 Å². The second-order valence-electron chi connectivity index (χ2n) is 3.34. The summed E-state index contributed by atoms with van der Waals surface area (Å²) in [5.41, 5.74) is 6.76. The van der Waals surface area contributed by atoms with Gasteiger partial charge in [-0.1, -0.05) is 11.6 Å². The van der Waals surface area contributed by atoms with Crippen LogP contribution in [0.4, 0.5) is 21.6 Å². The van der Waals surface area contributed by atoms with Gasteiger partial charge in [-0.15, -0.1) is 0 Å². The number of nitrogens with one attached hydrogen (secondary N) is 1. The van der Waals surface area contributed by atoms with Crippen molar-refractivity contribution in [1.82, 2.24) is 4.98 Å². The van der Waals surface area contributed by atoms with Gasteiger partial charge in [-0.05, 0) is 34.1 Å². The lowest BCUT2D eigenvalue weighted by Gasteiger charge is -2.10. The van der Waals surface area contributed by atoms with E-state index < -0.39 is 5.82 Å². The Morgan fingerprint density at radius 3 is 2.76 bits per heavy atom. The summed E-state index contributed by atoms with van der Waals surface area (Å²) in [5.74, 6) is 0.132. The normalized spacial score (nSPS) is 10.3. The van der Waals surface area contributed by atoms with Crippen LogP contribution >= 0.6 is 27.5 Å². The molecule has 0 aliphatic rings. The first-order valence-electron chi connectivity index (χ1n) is 4.69. The third-order valence-electron chi connectivity index (χ3n) is 2.04. The van der Waals surface area contributed by atoms with Crippen molar-refractivity contribution in [3.05, 3.63) is 45.8 Å². The second kappa shape index (κ2) is 4.89. The topological polar surface area (TPSA) is 50.9 Å². The summed E-state index contributed by atoms with van der Waals surface area (Å²) in [6.07, 6.45) is 1.57. The fourth-order valence-electron chi connectivity index (χ4n) is 1.30. The Morgan fingerprint density at radius 2 is 2.12 bits per heavy atom. The van der Waals surface area contributed by atoms with E-state index in [1.54, 1.807) is 18.3 Å². The molecule has 17 heavy (non-hydrogen) atoms. The molecule has 2 aromatic rings. The highest BCUT2D eigenvalue weighted by Crippen LogP contribution is 2.33. The van der Waals surface area contributed by atoms with E-state index in [9.17, 15) is 4.39 Å². The zero-order chi connectivity index (χ0) is 12.4. The predicted molar refractivity (Wildman–Crippen MR) is 71.0 cm³/mol. The van der Waals surface area contributed by atoms with Crippen molar-refractivity contribution in [2.24, 2.45) is 0 Å². The minimum atomic E-state index is -0.409. The summed E-state index contributed by atoms with van der Waals surface area (Å²) in [7, 11) is 0. The molecule has 2 rings (SSSR count). The number of halogens is 3. The number of nitrogens with two attached hydrogens (primary N) is 1. The number of pyridine rings is 1. The van der Waals surface area contributed by atoms with E-state index in [-0.39, 0.29) is 5.02 Å². The van der Waals surface area contributed by atoms with E-state index in [0.29, 0.717) is 21.7 Å². The van der Waals surface area contributed by atoms with Crippen LogP contribution in [-0.2, 0) is 0 Å². The van der Waals surface area contributed by atoms with E-state index in [1.165, 1.54) is 12.1 Å². The van der Waals surface area contributed by atoms with E-state index in [4.69, 9.17) is 17.3 Å². The predicted octanol–water partition coefficient (Wildman–Crippen LogP) is 3.96. The highest BCUT2D eigenvalue weighted by molar-refractivity contribution is 9.10. The molecule has 0 saturated carbocycles. The van der Waals surface area contributed by atoms with Gasteiger partial charge in [0.25, 0.3) is 0 Å². The van der Waals surface area contributed by atoms with Crippen molar-refractivity contribution in [1.29, 1.82) is 0 Å². The summed E-state index contributed by atoms with van der Waals surface area (Å²) < 4.78 is 13.6. The van der Waals surface area contributed by atoms with Crippen LogP contribution in [0.1, 0.15) is 0 Å². The van der Waals surface area contributed by atoms with Gasteiger partial charge in [0.05, 0.1) is 10.7 Å². The monoisotopic (exact) mass is 315 g/mol. The van der Waals surface area contributed by atoms with E-state index in [1.807, 2.05) is 0 Å². The summed E-state index contributed by atoms with van der Waals surface area (Å²) in [5, 5.41) is 3.24. The molecule has 3 nitrogen and oxygen atoms in total. The minimum Gasteiger partial charge on any atom is -0.399 e. The smallest absolute Gasteiger partial charge is 0.132 e. The number of anilines is 3. The Morgan fingerprint density at radius 1 is 1.35 bits per heavy atom. The maximum Gasteiger partial charge on any atom is 0.132 e. The molecule has 6 heteroatoms. The summed E-state index contributed by atoms with van der Waals surface area (Å²) in [6.45, 7) is 0. The van der Waals surface area contributed by atoms with Gasteiger partial charge < -0.3 is 11.1 Å². The molecule has 3 N–H and O–H groups in total. The van der Waals surface area contributed by atoms with Crippen molar-refractivity contribution in [3.63, 3.8) is 0 Å². The van der Waals surface area contributed by atoms with Crippen molar-refractivity contribution < 1.29 is 4.39 Å². The van der Waals surface area contributed by atoms with Gasteiger partial charge in [-0.3, -0.25) is 0 Å². The molecular formula is C11H8BrClFN3. The van der Waals surface area contributed by atoms with Gasteiger partial charge in [0.2, 0.25) is 0 Å². The quantitative estimate of drug-likeness (QED) is 0.881. The summed E-state index contributed by atoms with van der Waals surface area (Å²) in [6, 6.07) is 5.88. The maximum atomic E-state index is 13.0. The van der Waals surface area contributed by atoms with Crippen LogP contribution in [0, 0.1) is 5.82 Å². The van der Waals surface area contributed by atoms with Crippen LogP contribution in [0.3, 0.4) is 0 Å². The van der Waals surface area contributed by atoms with Crippen molar-refractivity contribution in [2.45, 2.75) is 0 Å². The minimum absolute atomic E-state index is 0.265. The van der Waals surface area contributed by atoms with Crippen LogP contribution in [0.2, 0.25) is 5.02 Å². The lowest BCUT2D eigenvalue weighted by Crippen LogP contribution is -1.97. The maximum absolute atomic E-state index is 13.0. The number of nitrogens with zero attached hydrogens (tertiary/aromatic N) is 1. The van der Waals surface area contributed by atoms with Crippen LogP contribution < -0.4 is 11.1 Å². The first kappa shape index (κ1) is 12.1. The molecule has 0 radical (unpaired) electrons. The first-order valence-corrected chi connectivity index (χ1v) is 5.86. The number of benzene rings is 1. The molecule has 0 atom stereocenters. The fraction of sp³-hybridized carbons (Fsp3) is 0. The van der Waals surface area contributed by atoms with Gasteiger partial charge >= 0.3 is 0 Å². The van der Waals surface area contributed by atoms with Crippen molar-refractivity contribution in [2.75, 3.05) is 11.1 Å². The van der Waals surface area contributed by atoms with Gasteiger partial charge in [-0.25, -0.2) is 9.37 Å². The lowest BCUT2D eigenvalue weighted by molar-refractivity contribution is 0.627. The molecule has 0 aliphatic heterocycles. The molecule has 88 valence electrons. The summed E-state index contributed by atoms with van der Waals surface area (Å²) >= 11 is 9.16. The zero-order valence-corrected chi connectivity index (χ0v) is 10.9. The average molecular weight is 317 g/mol. The molecule has 1 aromatic heterocycles. The molecule has 0 spiro atoms. The second-order valence-corrected chi connectivity index (χ2v) is 4.61. The molecule has 1 heterocycles. The van der Waals surface area contributed by atoms with E-state index in [0.717, 1.165) is 0 Å². The fourth-order valence-corrected chi connectivity index (χ4v) is 2.20. The standard InChI is InChI=1S/C11H8BrClFN3/c12-8-3-6(14)4-9(13)11(8)17-10-5-7(15)1-2-16-10/h1-5H,(H3,15,16,17). The Bertz CT molecular complexity index is 539. The Kier molecular flexibility index (Phi) is 3.49. The van der Waals surface area contributed by atoms with Crippen LogP contribution in [-0.4, -0.2) is 4.98 Å². The lowest BCUT2D eigenvalue weighted by atomic mass is 10.3. The molecule has 0 fully saturated rings. The van der Waals surface area contributed by atoms with Crippen LogP contribution in [0.5, 0.6) is 0 Å². The van der Waals surface area contributed by atoms with Gasteiger partial charge in [0.1, 0.15) is 11.6 Å². The highest BCUT2D eigenvalue weighted by atomic mass is 79.9. The number of hydrogen-bond acceptors (Lipinski definition) is 3. The largest absolute Gasteiger partial charge is 0.399 e. The zero-order valence-electron chi connectivity index (χ0n) is 8.55. The average Bonchev–Trinajstić information content (AvgIpc) is 2.23.